The predicted molar refractivity (Wildman–Crippen MR) is 82.6 cm³/mol. The zero-order valence-electron chi connectivity index (χ0n) is 11.6. The first-order valence-electron chi connectivity index (χ1n) is 6.68. The predicted octanol–water partition coefficient (Wildman–Crippen LogP) is 0.911. The van der Waals surface area contributed by atoms with Gasteiger partial charge in [-0.15, -0.1) is 12.4 Å². The minimum absolute atomic E-state index is 0. The summed E-state index contributed by atoms with van der Waals surface area (Å²) >= 11 is 0. The highest BCUT2D eigenvalue weighted by Crippen LogP contribution is 2.18. The van der Waals surface area contributed by atoms with Gasteiger partial charge in [-0.05, 0) is 43.7 Å². The molecule has 7 heteroatoms. The first-order valence-corrected chi connectivity index (χ1v) is 6.68. The van der Waals surface area contributed by atoms with Gasteiger partial charge in [0.25, 0.3) is 5.91 Å². The van der Waals surface area contributed by atoms with Crippen molar-refractivity contribution < 1.29 is 14.3 Å². The third-order valence-electron chi connectivity index (χ3n) is 3.17. The number of primary amides is 1. The van der Waals surface area contributed by atoms with Crippen LogP contribution in [0.2, 0.25) is 0 Å². The largest absolute Gasteiger partial charge is 0.484 e. The smallest absolute Gasteiger partial charge is 0.255 e. The Bertz CT molecular complexity index is 473. The summed E-state index contributed by atoms with van der Waals surface area (Å²) < 4.78 is 5.15. The van der Waals surface area contributed by atoms with Crippen LogP contribution in [0.1, 0.15) is 12.8 Å². The highest BCUT2D eigenvalue weighted by molar-refractivity contribution is 5.92. The molecule has 1 unspecified atom stereocenters. The lowest BCUT2D eigenvalue weighted by Crippen LogP contribution is -2.37. The standard InChI is InChI=1S/C14H19N3O3.ClH/c15-13(18)9-20-12-5-3-11(4-6-12)17-14(19)10-2-1-7-16-8-10;/h3-6,10,16H,1-2,7-9H2,(H2,15,18)(H,17,19);1H. The number of nitrogens with two attached hydrogens (primary N) is 1. The van der Waals surface area contributed by atoms with Crippen molar-refractivity contribution in [3.63, 3.8) is 0 Å². The number of hydrogen-bond donors (Lipinski definition) is 3. The molecule has 1 aliphatic heterocycles. The molecule has 1 fully saturated rings. The molecular formula is C14H20ClN3O3. The Morgan fingerprint density at radius 1 is 1.33 bits per heavy atom. The van der Waals surface area contributed by atoms with E-state index in [4.69, 9.17) is 10.5 Å². The highest BCUT2D eigenvalue weighted by Gasteiger charge is 2.20. The molecule has 0 aliphatic carbocycles. The number of carbonyl (C=O) groups excluding carboxylic acids is 2. The number of piperidine rings is 1. The van der Waals surface area contributed by atoms with E-state index in [0.29, 0.717) is 11.4 Å². The van der Waals surface area contributed by atoms with Crippen molar-refractivity contribution in [2.24, 2.45) is 11.7 Å². The van der Waals surface area contributed by atoms with Crippen LogP contribution in [0.4, 0.5) is 5.69 Å². The number of carbonyl (C=O) groups is 2. The van der Waals surface area contributed by atoms with Gasteiger partial charge in [0.15, 0.2) is 6.61 Å². The minimum Gasteiger partial charge on any atom is -0.484 e. The van der Waals surface area contributed by atoms with E-state index < -0.39 is 5.91 Å². The normalized spacial score (nSPS) is 17.4. The highest BCUT2D eigenvalue weighted by atomic mass is 35.5. The number of hydrogen-bond acceptors (Lipinski definition) is 4. The van der Waals surface area contributed by atoms with Gasteiger partial charge in [-0.2, -0.15) is 0 Å². The third-order valence-corrected chi connectivity index (χ3v) is 3.17. The number of rotatable bonds is 5. The molecule has 116 valence electrons. The van der Waals surface area contributed by atoms with Crippen molar-refractivity contribution in [2.75, 3.05) is 25.0 Å². The summed E-state index contributed by atoms with van der Waals surface area (Å²) in [5.74, 6) is 0.0749. The number of halogens is 1. The quantitative estimate of drug-likeness (QED) is 0.753. The van der Waals surface area contributed by atoms with Crippen LogP contribution in [0, 0.1) is 5.92 Å². The van der Waals surface area contributed by atoms with Gasteiger partial charge in [0.2, 0.25) is 5.91 Å². The molecule has 0 bridgehead atoms. The summed E-state index contributed by atoms with van der Waals surface area (Å²) in [5, 5.41) is 6.09. The molecule has 1 aliphatic rings. The zero-order chi connectivity index (χ0) is 14.4. The summed E-state index contributed by atoms with van der Waals surface area (Å²) in [6.45, 7) is 1.56. The summed E-state index contributed by atoms with van der Waals surface area (Å²) in [4.78, 5) is 22.6. The lowest BCUT2D eigenvalue weighted by atomic mass is 9.99. The molecule has 1 saturated heterocycles. The maximum atomic E-state index is 12.0. The van der Waals surface area contributed by atoms with Gasteiger partial charge in [-0.25, -0.2) is 0 Å². The van der Waals surface area contributed by atoms with Crippen LogP contribution < -0.4 is 21.1 Å². The molecule has 0 spiro atoms. The fourth-order valence-electron chi connectivity index (χ4n) is 2.11. The van der Waals surface area contributed by atoms with Crippen LogP contribution in [0.15, 0.2) is 24.3 Å². The number of nitrogens with one attached hydrogen (secondary N) is 2. The van der Waals surface area contributed by atoms with Gasteiger partial charge >= 0.3 is 0 Å². The molecule has 1 heterocycles. The van der Waals surface area contributed by atoms with E-state index in [9.17, 15) is 9.59 Å². The van der Waals surface area contributed by atoms with Crippen LogP contribution in [-0.2, 0) is 9.59 Å². The maximum Gasteiger partial charge on any atom is 0.255 e. The fraction of sp³-hybridized carbons (Fsp3) is 0.429. The molecular weight excluding hydrogens is 294 g/mol. The zero-order valence-corrected chi connectivity index (χ0v) is 12.4. The van der Waals surface area contributed by atoms with Crippen molar-refractivity contribution in [2.45, 2.75) is 12.8 Å². The van der Waals surface area contributed by atoms with E-state index in [2.05, 4.69) is 10.6 Å². The molecule has 21 heavy (non-hydrogen) atoms. The first-order chi connectivity index (χ1) is 9.65. The van der Waals surface area contributed by atoms with Gasteiger partial charge in [0.1, 0.15) is 5.75 Å². The van der Waals surface area contributed by atoms with Gasteiger partial charge in [0.05, 0.1) is 5.92 Å². The lowest BCUT2D eigenvalue weighted by Gasteiger charge is -2.21. The molecule has 1 aromatic carbocycles. The number of amides is 2. The minimum atomic E-state index is -0.521. The van der Waals surface area contributed by atoms with Crippen LogP contribution in [0.5, 0.6) is 5.75 Å². The Balaban J connectivity index is 0.00000220. The average Bonchev–Trinajstić information content (AvgIpc) is 2.47. The Morgan fingerprint density at radius 2 is 2.05 bits per heavy atom. The molecule has 6 nitrogen and oxygen atoms in total. The Morgan fingerprint density at radius 3 is 2.62 bits per heavy atom. The fourth-order valence-corrected chi connectivity index (χ4v) is 2.11. The summed E-state index contributed by atoms with van der Waals surface area (Å²) in [6, 6.07) is 6.87. The van der Waals surface area contributed by atoms with Crippen molar-refractivity contribution in [1.29, 1.82) is 0 Å². The second kappa shape index (κ2) is 8.49. The maximum absolute atomic E-state index is 12.0. The van der Waals surface area contributed by atoms with E-state index in [0.717, 1.165) is 25.9 Å². The second-order valence-electron chi connectivity index (χ2n) is 4.81. The molecule has 1 atom stereocenters. The van der Waals surface area contributed by atoms with E-state index in [1.165, 1.54) is 0 Å². The van der Waals surface area contributed by atoms with Crippen LogP contribution in [0.3, 0.4) is 0 Å². The second-order valence-corrected chi connectivity index (χ2v) is 4.81. The molecule has 0 radical (unpaired) electrons. The van der Waals surface area contributed by atoms with Gasteiger partial charge < -0.3 is 21.1 Å². The molecule has 4 N–H and O–H groups in total. The van der Waals surface area contributed by atoms with E-state index >= 15 is 0 Å². The monoisotopic (exact) mass is 313 g/mol. The molecule has 2 amide bonds. The summed E-state index contributed by atoms with van der Waals surface area (Å²) in [5.41, 5.74) is 5.71. The lowest BCUT2D eigenvalue weighted by molar-refractivity contribution is -0.120. The van der Waals surface area contributed by atoms with Crippen molar-refractivity contribution in [1.82, 2.24) is 5.32 Å². The third kappa shape index (κ3) is 5.61. The number of anilines is 1. The van der Waals surface area contributed by atoms with Gasteiger partial charge in [-0.1, -0.05) is 0 Å². The molecule has 2 rings (SSSR count). The van der Waals surface area contributed by atoms with Crippen molar-refractivity contribution in [3.8, 4) is 5.75 Å². The number of ether oxygens (including phenoxy) is 1. The van der Waals surface area contributed by atoms with Crippen molar-refractivity contribution in [3.05, 3.63) is 24.3 Å². The van der Waals surface area contributed by atoms with Crippen LogP contribution in [-0.4, -0.2) is 31.5 Å². The van der Waals surface area contributed by atoms with Crippen LogP contribution in [0.25, 0.3) is 0 Å². The van der Waals surface area contributed by atoms with Gasteiger partial charge in [-0.3, -0.25) is 9.59 Å². The number of benzene rings is 1. The Kier molecular flexibility index (Phi) is 6.98. The van der Waals surface area contributed by atoms with Crippen molar-refractivity contribution >= 4 is 29.9 Å². The molecule has 1 aromatic rings. The van der Waals surface area contributed by atoms with E-state index in [-0.39, 0.29) is 30.8 Å². The van der Waals surface area contributed by atoms with E-state index in [1.807, 2.05) is 0 Å². The topological polar surface area (TPSA) is 93.5 Å². The summed E-state index contributed by atoms with van der Waals surface area (Å²) in [7, 11) is 0. The average molecular weight is 314 g/mol. The summed E-state index contributed by atoms with van der Waals surface area (Å²) in [6.07, 6.45) is 1.94. The molecule has 0 aromatic heterocycles. The molecule has 0 saturated carbocycles. The van der Waals surface area contributed by atoms with Crippen LogP contribution >= 0.6 is 12.4 Å². The Labute approximate surface area is 129 Å². The van der Waals surface area contributed by atoms with Gasteiger partial charge in [0, 0.05) is 12.2 Å². The Hall–Kier alpha value is -1.79. The van der Waals surface area contributed by atoms with E-state index in [1.54, 1.807) is 24.3 Å². The SMILES string of the molecule is Cl.NC(=O)COc1ccc(NC(=O)C2CCCNC2)cc1. The first kappa shape index (κ1) is 17.3.